The standard InChI is InChI=1S/C29H34N6O4/c1-5-35-18(2)21(14-31-35)15-34(4)29(37)27-23-12-19(22-16-38-17-22)6-8-24(23)32-28(33-27)20-7-9-26(25(36)13-20)39-11-10-30-3/h6-9,12-14,22,30,36H,5,10-11,15-17H2,1-4H3. The number of benzene rings is 2. The molecule has 0 aliphatic carbocycles. The average Bonchev–Trinajstić information content (AvgIpc) is 3.26. The highest BCUT2D eigenvalue weighted by Crippen LogP contribution is 2.33. The van der Waals surface area contributed by atoms with Crippen LogP contribution in [-0.2, 0) is 17.8 Å². The quantitative estimate of drug-likeness (QED) is 0.300. The van der Waals surface area contributed by atoms with Crippen molar-refractivity contribution in [1.82, 2.24) is 30.0 Å². The molecule has 4 aromatic rings. The van der Waals surface area contributed by atoms with Gasteiger partial charge in [0.15, 0.2) is 17.3 Å². The largest absolute Gasteiger partial charge is 0.504 e. The summed E-state index contributed by atoms with van der Waals surface area (Å²) in [5.74, 6) is 0.795. The van der Waals surface area contributed by atoms with E-state index in [9.17, 15) is 9.90 Å². The average molecular weight is 531 g/mol. The maximum absolute atomic E-state index is 13.9. The number of aromatic nitrogens is 4. The van der Waals surface area contributed by atoms with E-state index in [1.807, 2.05) is 50.0 Å². The number of fused-ring (bicyclic) bond motifs is 1. The summed E-state index contributed by atoms with van der Waals surface area (Å²) in [4.78, 5) is 25.0. The zero-order valence-electron chi connectivity index (χ0n) is 22.8. The van der Waals surface area contributed by atoms with Crippen molar-refractivity contribution in [3.05, 3.63) is 65.1 Å². The Kier molecular flexibility index (Phi) is 7.76. The Morgan fingerprint density at radius 2 is 2.05 bits per heavy atom. The van der Waals surface area contributed by atoms with E-state index in [0.29, 0.717) is 72.6 Å². The van der Waals surface area contributed by atoms with E-state index in [4.69, 9.17) is 19.4 Å². The number of amides is 1. The third-order valence-electron chi connectivity index (χ3n) is 7.12. The SMILES string of the molecule is CCn1ncc(CN(C)C(=O)c2nc(-c3ccc(OCCNC)c(O)c3)nc3ccc(C4COC4)cc23)c1C. The van der Waals surface area contributed by atoms with E-state index in [-0.39, 0.29) is 11.7 Å². The summed E-state index contributed by atoms with van der Waals surface area (Å²) in [6.45, 7) is 7.62. The fraction of sp³-hybridized carbons (Fsp3) is 0.379. The molecule has 2 aromatic heterocycles. The molecular formula is C29H34N6O4. The predicted octanol–water partition coefficient (Wildman–Crippen LogP) is 3.51. The van der Waals surface area contributed by atoms with E-state index in [0.717, 1.165) is 23.4 Å². The Balaban J connectivity index is 1.53. The molecule has 5 rings (SSSR count). The molecule has 0 unspecified atom stereocenters. The van der Waals surface area contributed by atoms with Crippen LogP contribution in [0.15, 0.2) is 42.6 Å². The number of carbonyl (C=O) groups excluding carboxylic acids is 1. The number of aromatic hydroxyl groups is 1. The third-order valence-corrected chi connectivity index (χ3v) is 7.12. The number of rotatable bonds is 10. The van der Waals surface area contributed by atoms with Gasteiger partial charge in [0.05, 0.1) is 24.9 Å². The second-order valence-electron chi connectivity index (χ2n) is 9.77. The molecule has 1 saturated heterocycles. The molecule has 204 valence electrons. The van der Waals surface area contributed by atoms with Gasteiger partial charge in [-0.2, -0.15) is 5.10 Å². The van der Waals surface area contributed by atoms with Crippen molar-refractivity contribution in [2.24, 2.45) is 0 Å². The topological polar surface area (TPSA) is 115 Å². The van der Waals surface area contributed by atoms with Crippen LogP contribution in [0.2, 0.25) is 0 Å². The Morgan fingerprint density at radius 1 is 1.23 bits per heavy atom. The van der Waals surface area contributed by atoms with Crippen LogP contribution in [0.1, 0.15) is 40.2 Å². The summed E-state index contributed by atoms with van der Waals surface area (Å²) < 4.78 is 12.9. The number of hydrogen-bond acceptors (Lipinski definition) is 8. The number of aryl methyl sites for hydroxylation is 1. The molecule has 0 atom stereocenters. The number of likely N-dealkylation sites (N-methyl/N-ethyl adjacent to an activating group) is 1. The monoisotopic (exact) mass is 530 g/mol. The second kappa shape index (κ2) is 11.4. The lowest BCUT2D eigenvalue weighted by Gasteiger charge is -2.26. The number of nitrogens with zero attached hydrogens (tertiary/aromatic N) is 5. The lowest BCUT2D eigenvalue weighted by atomic mass is 9.95. The van der Waals surface area contributed by atoms with Gasteiger partial charge in [-0.1, -0.05) is 6.07 Å². The normalized spacial score (nSPS) is 13.4. The smallest absolute Gasteiger partial charge is 0.273 e. The number of nitrogens with one attached hydrogen (secondary N) is 1. The Hall–Kier alpha value is -4.02. The highest BCUT2D eigenvalue weighted by molar-refractivity contribution is 6.05. The molecule has 39 heavy (non-hydrogen) atoms. The molecule has 0 saturated carbocycles. The molecule has 0 radical (unpaired) electrons. The van der Waals surface area contributed by atoms with Gasteiger partial charge in [-0.05, 0) is 56.8 Å². The second-order valence-corrected chi connectivity index (χ2v) is 9.77. The van der Waals surface area contributed by atoms with Gasteiger partial charge in [0, 0.05) is 54.8 Å². The first-order chi connectivity index (χ1) is 18.9. The van der Waals surface area contributed by atoms with E-state index >= 15 is 0 Å². The van der Waals surface area contributed by atoms with Gasteiger partial charge in [0.1, 0.15) is 12.3 Å². The molecule has 10 nitrogen and oxygen atoms in total. The molecule has 1 aliphatic heterocycles. The van der Waals surface area contributed by atoms with Gasteiger partial charge >= 0.3 is 0 Å². The van der Waals surface area contributed by atoms with Crippen molar-refractivity contribution < 1.29 is 19.4 Å². The van der Waals surface area contributed by atoms with Crippen LogP contribution in [0, 0.1) is 6.92 Å². The van der Waals surface area contributed by atoms with Crippen molar-refractivity contribution >= 4 is 16.8 Å². The molecule has 2 aromatic carbocycles. The van der Waals surface area contributed by atoms with Crippen molar-refractivity contribution in [2.45, 2.75) is 32.9 Å². The molecule has 0 spiro atoms. The molecule has 1 fully saturated rings. The summed E-state index contributed by atoms with van der Waals surface area (Å²) in [6, 6.07) is 11.0. The molecule has 10 heteroatoms. The zero-order valence-corrected chi connectivity index (χ0v) is 22.8. The molecular weight excluding hydrogens is 496 g/mol. The van der Waals surface area contributed by atoms with Gasteiger partial charge in [0.25, 0.3) is 5.91 Å². The first-order valence-corrected chi connectivity index (χ1v) is 13.2. The summed E-state index contributed by atoms with van der Waals surface area (Å²) in [5, 5.41) is 18.7. The summed E-state index contributed by atoms with van der Waals surface area (Å²) in [6.07, 6.45) is 1.81. The van der Waals surface area contributed by atoms with Crippen molar-refractivity contribution in [3.63, 3.8) is 0 Å². The van der Waals surface area contributed by atoms with Crippen LogP contribution in [0.5, 0.6) is 11.5 Å². The van der Waals surface area contributed by atoms with Crippen molar-refractivity contribution in [1.29, 1.82) is 0 Å². The highest BCUT2D eigenvalue weighted by atomic mass is 16.5. The van der Waals surface area contributed by atoms with E-state index in [2.05, 4.69) is 10.4 Å². The van der Waals surface area contributed by atoms with Gasteiger partial charge in [-0.15, -0.1) is 0 Å². The Bertz CT molecular complexity index is 1500. The minimum absolute atomic E-state index is 0.0129. The van der Waals surface area contributed by atoms with Gasteiger partial charge in [0.2, 0.25) is 0 Å². The number of ether oxygens (including phenoxy) is 2. The van der Waals surface area contributed by atoms with Crippen LogP contribution in [-0.4, -0.2) is 76.1 Å². The van der Waals surface area contributed by atoms with Crippen LogP contribution in [0.3, 0.4) is 0 Å². The summed E-state index contributed by atoms with van der Waals surface area (Å²) in [7, 11) is 3.60. The van der Waals surface area contributed by atoms with Crippen LogP contribution < -0.4 is 10.1 Å². The fourth-order valence-electron chi connectivity index (χ4n) is 4.63. The zero-order chi connectivity index (χ0) is 27.5. The maximum Gasteiger partial charge on any atom is 0.273 e. The highest BCUT2D eigenvalue weighted by Gasteiger charge is 2.25. The number of carbonyl (C=O) groups is 1. The first kappa shape index (κ1) is 26.6. The lowest BCUT2D eigenvalue weighted by molar-refractivity contribution is 0.00847. The summed E-state index contributed by atoms with van der Waals surface area (Å²) >= 11 is 0. The molecule has 1 aliphatic rings. The maximum atomic E-state index is 13.9. The third kappa shape index (κ3) is 5.43. The number of hydrogen-bond donors (Lipinski definition) is 2. The fourth-order valence-corrected chi connectivity index (χ4v) is 4.63. The Morgan fingerprint density at radius 3 is 2.72 bits per heavy atom. The van der Waals surface area contributed by atoms with Crippen molar-refractivity contribution in [2.75, 3.05) is 40.5 Å². The number of phenols is 1. The van der Waals surface area contributed by atoms with Crippen LogP contribution in [0.25, 0.3) is 22.3 Å². The predicted molar refractivity (Wildman–Crippen MR) is 148 cm³/mol. The van der Waals surface area contributed by atoms with Gasteiger partial charge in [-0.3, -0.25) is 9.48 Å². The van der Waals surface area contributed by atoms with E-state index in [1.165, 1.54) is 0 Å². The lowest BCUT2D eigenvalue weighted by Crippen LogP contribution is -2.28. The number of phenolic OH excluding ortho intramolecular Hbond substituents is 1. The molecule has 1 amide bonds. The Labute approximate surface area is 227 Å². The van der Waals surface area contributed by atoms with Crippen LogP contribution >= 0.6 is 0 Å². The minimum atomic E-state index is -0.217. The molecule has 3 heterocycles. The van der Waals surface area contributed by atoms with Gasteiger partial charge in [-0.25, -0.2) is 9.97 Å². The van der Waals surface area contributed by atoms with E-state index in [1.54, 1.807) is 30.1 Å². The first-order valence-electron chi connectivity index (χ1n) is 13.2. The van der Waals surface area contributed by atoms with Crippen LogP contribution in [0.4, 0.5) is 0 Å². The van der Waals surface area contributed by atoms with Gasteiger partial charge < -0.3 is 24.8 Å². The molecule has 0 bridgehead atoms. The van der Waals surface area contributed by atoms with Crippen molar-refractivity contribution in [3.8, 4) is 22.9 Å². The summed E-state index contributed by atoms with van der Waals surface area (Å²) in [5.41, 5.74) is 4.67. The van der Waals surface area contributed by atoms with E-state index < -0.39 is 0 Å². The molecule has 2 N–H and O–H groups in total. The minimum Gasteiger partial charge on any atom is -0.504 e.